The van der Waals surface area contributed by atoms with Crippen molar-refractivity contribution in [1.29, 1.82) is 5.26 Å². The first-order valence-corrected chi connectivity index (χ1v) is 8.51. The summed E-state index contributed by atoms with van der Waals surface area (Å²) in [5.41, 5.74) is -0.118. The van der Waals surface area contributed by atoms with Crippen molar-refractivity contribution in [3.63, 3.8) is 0 Å². The monoisotopic (exact) mass is 305 g/mol. The summed E-state index contributed by atoms with van der Waals surface area (Å²) in [6.07, 6.45) is 5.97. The van der Waals surface area contributed by atoms with Crippen LogP contribution in [0.5, 0.6) is 0 Å². The van der Waals surface area contributed by atoms with Crippen LogP contribution < -0.4 is 5.32 Å². The number of urea groups is 1. The van der Waals surface area contributed by atoms with E-state index in [4.69, 9.17) is 10.00 Å². The second-order valence-corrected chi connectivity index (χ2v) is 7.89. The van der Waals surface area contributed by atoms with Crippen LogP contribution in [0.4, 0.5) is 4.79 Å². The van der Waals surface area contributed by atoms with Crippen molar-refractivity contribution < 1.29 is 9.53 Å². The Kier molecular flexibility index (Phi) is 4.07. The standard InChI is InChI=1S/C17H27N3O2/c1-16(2,10-18)11-19-15(21)20-12-17(6-3-7-17)14(20)13-4-8-22-9-5-13/h13-14H,3-9,11-12H2,1-2H3,(H,19,21). The molecule has 0 aromatic carbocycles. The molecule has 1 aliphatic carbocycles. The third-order valence-electron chi connectivity index (χ3n) is 5.76. The van der Waals surface area contributed by atoms with Crippen molar-refractivity contribution in [3.05, 3.63) is 0 Å². The fourth-order valence-corrected chi connectivity index (χ4v) is 4.26. The van der Waals surface area contributed by atoms with E-state index >= 15 is 0 Å². The number of carbonyl (C=O) groups excluding carboxylic acids is 1. The Morgan fingerprint density at radius 3 is 2.64 bits per heavy atom. The van der Waals surface area contributed by atoms with E-state index in [0.29, 0.717) is 23.9 Å². The van der Waals surface area contributed by atoms with E-state index in [2.05, 4.69) is 11.4 Å². The number of nitriles is 1. The molecule has 5 heteroatoms. The van der Waals surface area contributed by atoms with Crippen molar-refractivity contribution in [2.24, 2.45) is 16.7 Å². The Labute approximate surface area is 133 Å². The zero-order chi connectivity index (χ0) is 15.8. The number of ether oxygens (including phenoxy) is 1. The molecule has 2 amide bonds. The van der Waals surface area contributed by atoms with Gasteiger partial charge in [-0.05, 0) is 45.4 Å². The SMILES string of the molecule is CC(C)(C#N)CNC(=O)N1CC2(CCC2)C1C1CCOCC1. The average Bonchev–Trinajstić information content (AvgIpc) is 2.44. The Morgan fingerprint density at radius 2 is 2.09 bits per heavy atom. The maximum absolute atomic E-state index is 12.5. The third kappa shape index (κ3) is 2.69. The Balaban J connectivity index is 1.63. The van der Waals surface area contributed by atoms with Gasteiger partial charge in [0.2, 0.25) is 0 Å². The molecular formula is C17H27N3O2. The molecule has 0 radical (unpaired) electrons. The molecule has 1 spiro atoms. The quantitative estimate of drug-likeness (QED) is 0.871. The number of rotatable bonds is 3. The molecule has 1 N–H and O–H groups in total. The van der Waals surface area contributed by atoms with Gasteiger partial charge in [0, 0.05) is 37.8 Å². The normalized spacial score (nSPS) is 27.7. The number of hydrogen-bond donors (Lipinski definition) is 1. The minimum atomic E-state index is -0.511. The van der Waals surface area contributed by atoms with Crippen molar-refractivity contribution >= 4 is 6.03 Å². The van der Waals surface area contributed by atoms with Crippen LogP contribution in [0.15, 0.2) is 0 Å². The number of nitrogens with zero attached hydrogens (tertiary/aromatic N) is 2. The highest BCUT2D eigenvalue weighted by molar-refractivity contribution is 5.76. The van der Waals surface area contributed by atoms with Gasteiger partial charge in [-0.25, -0.2) is 4.79 Å². The molecule has 5 nitrogen and oxygen atoms in total. The van der Waals surface area contributed by atoms with Crippen LogP contribution in [0.25, 0.3) is 0 Å². The highest BCUT2D eigenvalue weighted by atomic mass is 16.5. The molecular weight excluding hydrogens is 278 g/mol. The molecule has 2 heterocycles. The van der Waals surface area contributed by atoms with Crippen LogP contribution >= 0.6 is 0 Å². The molecule has 3 aliphatic rings. The molecule has 0 aromatic heterocycles. The second-order valence-electron chi connectivity index (χ2n) is 7.89. The molecule has 1 atom stereocenters. The molecule has 1 unspecified atom stereocenters. The molecule has 122 valence electrons. The first kappa shape index (κ1) is 15.6. The van der Waals surface area contributed by atoms with E-state index in [1.807, 2.05) is 18.7 Å². The van der Waals surface area contributed by atoms with Crippen LogP contribution in [0.2, 0.25) is 0 Å². The predicted molar refractivity (Wildman–Crippen MR) is 83.1 cm³/mol. The topological polar surface area (TPSA) is 65.4 Å². The molecule has 0 bridgehead atoms. The van der Waals surface area contributed by atoms with Crippen LogP contribution in [-0.2, 0) is 4.74 Å². The molecule has 2 aliphatic heterocycles. The lowest BCUT2D eigenvalue weighted by molar-refractivity contribution is -0.137. The molecule has 1 saturated carbocycles. The summed E-state index contributed by atoms with van der Waals surface area (Å²) in [7, 11) is 0. The second kappa shape index (κ2) is 5.73. The highest BCUT2D eigenvalue weighted by Crippen LogP contribution is 2.56. The summed E-state index contributed by atoms with van der Waals surface area (Å²) in [4.78, 5) is 14.6. The Hall–Kier alpha value is -1.28. The number of amides is 2. The van der Waals surface area contributed by atoms with E-state index in [9.17, 15) is 4.79 Å². The van der Waals surface area contributed by atoms with Gasteiger partial charge in [-0.1, -0.05) is 6.42 Å². The molecule has 3 fully saturated rings. The molecule has 3 rings (SSSR count). The summed E-state index contributed by atoms with van der Waals surface area (Å²) in [6.45, 7) is 6.67. The number of hydrogen-bond acceptors (Lipinski definition) is 3. The van der Waals surface area contributed by atoms with Crippen molar-refractivity contribution in [2.45, 2.75) is 52.0 Å². The van der Waals surface area contributed by atoms with E-state index in [-0.39, 0.29) is 6.03 Å². The average molecular weight is 305 g/mol. The summed E-state index contributed by atoms with van der Waals surface area (Å²) < 4.78 is 5.49. The maximum atomic E-state index is 12.5. The van der Waals surface area contributed by atoms with Gasteiger partial charge in [-0.2, -0.15) is 5.26 Å². The number of nitrogens with one attached hydrogen (secondary N) is 1. The maximum Gasteiger partial charge on any atom is 0.317 e. The fourth-order valence-electron chi connectivity index (χ4n) is 4.26. The number of carbonyl (C=O) groups is 1. The van der Waals surface area contributed by atoms with Gasteiger partial charge < -0.3 is 15.0 Å². The van der Waals surface area contributed by atoms with Crippen LogP contribution in [-0.4, -0.2) is 43.3 Å². The van der Waals surface area contributed by atoms with Crippen LogP contribution in [0.1, 0.15) is 46.0 Å². The summed E-state index contributed by atoms with van der Waals surface area (Å²) in [5.74, 6) is 0.581. The fraction of sp³-hybridized carbons (Fsp3) is 0.882. The highest BCUT2D eigenvalue weighted by Gasteiger charge is 2.59. The van der Waals surface area contributed by atoms with Gasteiger partial charge in [-0.15, -0.1) is 0 Å². The van der Waals surface area contributed by atoms with Crippen LogP contribution in [0, 0.1) is 28.1 Å². The predicted octanol–water partition coefficient (Wildman–Crippen LogP) is 2.53. The van der Waals surface area contributed by atoms with Gasteiger partial charge in [0.15, 0.2) is 0 Å². The molecule has 22 heavy (non-hydrogen) atoms. The lowest BCUT2D eigenvalue weighted by Gasteiger charge is -2.64. The summed E-state index contributed by atoms with van der Waals surface area (Å²) in [6, 6.07) is 2.63. The lowest BCUT2D eigenvalue weighted by Crippen LogP contribution is -2.73. The smallest absolute Gasteiger partial charge is 0.317 e. The van der Waals surface area contributed by atoms with Crippen molar-refractivity contribution in [3.8, 4) is 6.07 Å². The van der Waals surface area contributed by atoms with Crippen molar-refractivity contribution in [1.82, 2.24) is 10.2 Å². The first-order chi connectivity index (χ1) is 10.5. The molecule has 2 saturated heterocycles. The van der Waals surface area contributed by atoms with E-state index < -0.39 is 5.41 Å². The van der Waals surface area contributed by atoms with Gasteiger partial charge in [0.05, 0.1) is 11.5 Å². The minimum absolute atomic E-state index is 0.0114. The van der Waals surface area contributed by atoms with Crippen LogP contribution in [0.3, 0.4) is 0 Å². The van der Waals surface area contributed by atoms with Gasteiger partial charge in [0.1, 0.15) is 0 Å². The first-order valence-electron chi connectivity index (χ1n) is 8.51. The zero-order valence-corrected chi connectivity index (χ0v) is 13.7. The van der Waals surface area contributed by atoms with E-state index in [1.165, 1.54) is 19.3 Å². The number of likely N-dealkylation sites (tertiary alicyclic amines) is 1. The third-order valence-corrected chi connectivity index (χ3v) is 5.76. The van der Waals surface area contributed by atoms with E-state index in [1.54, 1.807) is 0 Å². The minimum Gasteiger partial charge on any atom is -0.381 e. The Morgan fingerprint density at radius 1 is 1.41 bits per heavy atom. The van der Waals surface area contributed by atoms with Gasteiger partial charge in [-0.3, -0.25) is 0 Å². The zero-order valence-electron chi connectivity index (χ0n) is 13.7. The van der Waals surface area contributed by atoms with Gasteiger partial charge in [0.25, 0.3) is 0 Å². The van der Waals surface area contributed by atoms with Crippen molar-refractivity contribution in [2.75, 3.05) is 26.3 Å². The Bertz CT molecular complexity index is 473. The van der Waals surface area contributed by atoms with E-state index in [0.717, 1.165) is 32.6 Å². The summed E-state index contributed by atoms with van der Waals surface area (Å²) in [5, 5.41) is 12.0. The summed E-state index contributed by atoms with van der Waals surface area (Å²) >= 11 is 0. The largest absolute Gasteiger partial charge is 0.381 e. The molecule has 0 aromatic rings. The van der Waals surface area contributed by atoms with Gasteiger partial charge >= 0.3 is 6.03 Å². The lowest BCUT2D eigenvalue weighted by atomic mass is 9.54.